The van der Waals surface area contributed by atoms with Crippen LogP contribution in [0.4, 0.5) is 5.69 Å². The predicted octanol–water partition coefficient (Wildman–Crippen LogP) is 7.53. The molecule has 0 aromatic heterocycles. The molecule has 2 aromatic rings. The Morgan fingerprint density at radius 2 is 1.42 bits per heavy atom. The molecule has 0 aliphatic heterocycles. The maximum atomic E-state index is 11.6. The normalized spacial score (nSPS) is 11.6. The molecule has 0 radical (unpaired) electrons. The standard InChI is InChI=1S/C16H9Cl5N2O2S/c17-9-1-5-11(6-2-9)22-16(14(23(24)25)13(19)15(20)21)26-12-7-3-10(18)4-8-12/h1-8,22H/b16-14+. The van der Waals surface area contributed by atoms with Crippen LogP contribution in [0.2, 0.25) is 10.0 Å². The van der Waals surface area contributed by atoms with Gasteiger partial charge in [-0.1, -0.05) is 69.8 Å². The number of benzene rings is 2. The number of halogens is 5. The highest BCUT2D eigenvalue weighted by Gasteiger charge is 2.26. The van der Waals surface area contributed by atoms with Crippen LogP contribution in [0.25, 0.3) is 0 Å². The molecule has 0 spiro atoms. The third-order valence-corrected chi connectivity index (χ3v) is 5.36. The van der Waals surface area contributed by atoms with E-state index < -0.39 is 15.1 Å². The second-order valence-electron chi connectivity index (χ2n) is 4.70. The van der Waals surface area contributed by atoms with Crippen LogP contribution in [0, 0.1) is 10.1 Å². The number of nitrogens with one attached hydrogen (secondary N) is 1. The summed E-state index contributed by atoms with van der Waals surface area (Å²) in [5.74, 6) is 0. The number of rotatable bonds is 6. The lowest BCUT2D eigenvalue weighted by Crippen LogP contribution is -2.09. The average Bonchev–Trinajstić information content (AvgIpc) is 2.58. The molecule has 0 aliphatic carbocycles. The number of allylic oxidation sites excluding steroid dienone is 1. The van der Waals surface area contributed by atoms with Gasteiger partial charge in [-0.2, -0.15) is 0 Å². The molecule has 2 rings (SSSR count). The number of nitro groups is 1. The van der Waals surface area contributed by atoms with Crippen LogP contribution in [0.15, 0.2) is 73.7 Å². The third-order valence-electron chi connectivity index (χ3n) is 2.91. The summed E-state index contributed by atoms with van der Waals surface area (Å²) in [6.07, 6.45) is 0. The van der Waals surface area contributed by atoms with Crippen LogP contribution in [0.3, 0.4) is 0 Å². The van der Waals surface area contributed by atoms with Gasteiger partial charge in [0.15, 0.2) is 10.1 Å². The van der Waals surface area contributed by atoms with Crippen molar-refractivity contribution in [1.82, 2.24) is 0 Å². The fourth-order valence-electron chi connectivity index (χ4n) is 1.77. The molecular formula is C16H9Cl5N2O2S. The van der Waals surface area contributed by atoms with Gasteiger partial charge in [-0.05, 0) is 48.5 Å². The summed E-state index contributed by atoms with van der Waals surface area (Å²) in [7, 11) is 0. The quantitative estimate of drug-likeness (QED) is 0.205. The molecular weight excluding hydrogens is 462 g/mol. The zero-order valence-electron chi connectivity index (χ0n) is 12.7. The van der Waals surface area contributed by atoms with Crippen molar-refractivity contribution in [1.29, 1.82) is 0 Å². The fourth-order valence-corrected chi connectivity index (χ4v) is 3.37. The predicted molar refractivity (Wildman–Crippen MR) is 111 cm³/mol. The lowest BCUT2D eigenvalue weighted by atomic mass is 10.3. The molecule has 0 aliphatic rings. The molecule has 0 amide bonds. The Hall–Kier alpha value is -1.08. The van der Waals surface area contributed by atoms with E-state index in [9.17, 15) is 10.1 Å². The molecule has 0 heterocycles. The summed E-state index contributed by atoms with van der Waals surface area (Å²) in [6.45, 7) is 0. The van der Waals surface area contributed by atoms with Gasteiger partial charge in [-0.15, -0.1) is 0 Å². The summed E-state index contributed by atoms with van der Waals surface area (Å²) in [5, 5.41) is 15.4. The second-order valence-corrected chi connectivity index (χ2v) is 7.98. The lowest BCUT2D eigenvalue weighted by molar-refractivity contribution is -0.420. The summed E-state index contributed by atoms with van der Waals surface area (Å²) in [4.78, 5) is 11.6. The van der Waals surface area contributed by atoms with Crippen molar-refractivity contribution in [3.05, 3.63) is 88.9 Å². The monoisotopic (exact) mass is 468 g/mol. The van der Waals surface area contributed by atoms with Crippen LogP contribution in [0.1, 0.15) is 0 Å². The molecule has 0 saturated heterocycles. The maximum absolute atomic E-state index is 11.6. The molecule has 0 fully saturated rings. The van der Waals surface area contributed by atoms with Crippen LogP contribution in [0.5, 0.6) is 0 Å². The van der Waals surface area contributed by atoms with Gasteiger partial charge in [0.2, 0.25) is 0 Å². The minimum atomic E-state index is -0.658. The van der Waals surface area contributed by atoms with E-state index in [1.54, 1.807) is 48.5 Å². The van der Waals surface area contributed by atoms with Gasteiger partial charge in [-0.25, -0.2) is 0 Å². The average molecular weight is 471 g/mol. The molecule has 10 heteroatoms. The van der Waals surface area contributed by atoms with E-state index in [1.807, 2.05) is 0 Å². The molecule has 136 valence electrons. The van der Waals surface area contributed by atoms with Gasteiger partial charge in [0.1, 0.15) is 4.49 Å². The maximum Gasteiger partial charge on any atom is 0.320 e. The Bertz CT molecular complexity index is 814. The summed E-state index contributed by atoms with van der Waals surface area (Å²) in [6, 6.07) is 13.4. The summed E-state index contributed by atoms with van der Waals surface area (Å²) >= 11 is 30.1. The highest BCUT2D eigenvalue weighted by Crippen LogP contribution is 2.36. The van der Waals surface area contributed by atoms with Crippen LogP contribution in [-0.4, -0.2) is 4.92 Å². The van der Waals surface area contributed by atoms with E-state index in [4.69, 9.17) is 58.0 Å². The Balaban J connectivity index is 2.53. The zero-order chi connectivity index (χ0) is 19.3. The van der Waals surface area contributed by atoms with Gasteiger partial charge in [0.05, 0.1) is 4.92 Å². The topological polar surface area (TPSA) is 55.2 Å². The molecule has 1 N–H and O–H groups in total. The summed E-state index contributed by atoms with van der Waals surface area (Å²) in [5.41, 5.74) is 0.113. The Labute approximate surface area is 178 Å². The van der Waals surface area contributed by atoms with Crippen LogP contribution < -0.4 is 5.32 Å². The van der Waals surface area contributed by atoms with Crippen molar-refractivity contribution in [2.24, 2.45) is 0 Å². The van der Waals surface area contributed by atoms with E-state index in [0.717, 1.165) is 11.8 Å². The minimum absolute atomic E-state index is 0.128. The van der Waals surface area contributed by atoms with Crippen molar-refractivity contribution in [2.75, 3.05) is 5.32 Å². The van der Waals surface area contributed by atoms with Crippen LogP contribution in [-0.2, 0) is 0 Å². The first-order valence-corrected chi connectivity index (χ1v) is 9.54. The first kappa shape index (κ1) is 21.2. The third kappa shape index (κ3) is 5.98. The molecule has 0 bridgehead atoms. The molecule has 0 saturated carbocycles. The van der Waals surface area contributed by atoms with Gasteiger partial charge in [0, 0.05) is 20.6 Å². The largest absolute Gasteiger partial charge is 0.344 e. The van der Waals surface area contributed by atoms with Gasteiger partial charge >= 0.3 is 5.70 Å². The van der Waals surface area contributed by atoms with Crippen molar-refractivity contribution < 1.29 is 4.92 Å². The van der Waals surface area contributed by atoms with Gasteiger partial charge in [-0.3, -0.25) is 10.1 Å². The fraction of sp³-hybridized carbons (Fsp3) is 0. The molecule has 0 unspecified atom stereocenters. The first-order valence-electron chi connectivity index (χ1n) is 6.83. The van der Waals surface area contributed by atoms with Crippen molar-refractivity contribution in [3.63, 3.8) is 0 Å². The van der Waals surface area contributed by atoms with Crippen molar-refractivity contribution >= 4 is 75.5 Å². The second kappa shape index (κ2) is 9.74. The molecule has 26 heavy (non-hydrogen) atoms. The Morgan fingerprint density at radius 1 is 0.923 bits per heavy atom. The highest BCUT2D eigenvalue weighted by atomic mass is 35.5. The summed E-state index contributed by atoms with van der Waals surface area (Å²) < 4.78 is -0.412. The zero-order valence-corrected chi connectivity index (χ0v) is 17.3. The number of anilines is 1. The molecule has 2 aromatic carbocycles. The van der Waals surface area contributed by atoms with Crippen molar-refractivity contribution in [3.8, 4) is 0 Å². The highest BCUT2D eigenvalue weighted by molar-refractivity contribution is 8.03. The van der Waals surface area contributed by atoms with E-state index in [-0.39, 0.29) is 10.1 Å². The molecule has 4 nitrogen and oxygen atoms in total. The molecule has 0 atom stereocenters. The lowest BCUT2D eigenvalue weighted by Gasteiger charge is -2.12. The van der Waals surface area contributed by atoms with Gasteiger partial charge < -0.3 is 5.32 Å². The minimum Gasteiger partial charge on any atom is -0.344 e. The van der Waals surface area contributed by atoms with E-state index in [2.05, 4.69) is 5.32 Å². The van der Waals surface area contributed by atoms with E-state index in [0.29, 0.717) is 20.6 Å². The first-order chi connectivity index (χ1) is 12.3. The van der Waals surface area contributed by atoms with Crippen LogP contribution >= 0.6 is 69.8 Å². The number of hydrogen-bond donors (Lipinski definition) is 1. The van der Waals surface area contributed by atoms with E-state index >= 15 is 0 Å². The van der Waals surface area contributed by atoms with Gasteiger partial charge in [0.25, 0.3) is 0 Å². The smallest absolute Gasteiger partial charge is 0.320 e. The van der Waals surface area contributed by atoms with E-state index in [1.165, 1.54) is 0 Å². The Morgan fingerprint density at radius 3 is 1.88 bits per heavy atom. The Kier molecular flexibility index (Phi) is 7.95. The number of hydrogen-bond acceptors (Lipinski definition) is 4. The van der Waals surface area contributed by atoms with Crippen molar-refractivity contribution in [2.45, 2.75) is 4.90 Å². The number of thioether (sulfide) groups is 1. The SMILES string of the molecule is O=[N+]([O-])/C(C(Cl)=C(Cl)Cl)=C(\Nc1ccc(Cl)cc1)Sc1ccc(Cl)cc1. The number of nitrogens with zero attached hydrogens (tertiary/aromatic N) is 1.